The second-order valence-corrected chi connectivity index (χ2v) is 7.48. The molecule has 0 saturated carbocycles. The van der Waals surface area contributed by atoms with Crippen molar-refractivity contribution in [3.63, 3.8) is 0 Å². The second kappa shape index (κ2) is 5.82. The molecular weight excluding hydrogens is 280 g/mol. The molecule has 2 amide bonds. The van der Waals surface area contributed by atoms with Crippen molar-refractivity contribution in [3.05, 3.63) is 18.5 Å². The molecule has 2 rings (SSSR count). The molecule has 20 heavy (non-hydrogen) atoms. The molecule has 0 spiro atoms. The van der Waals surface area contributed by atoms with Crippen LogP contribution in [0.3, 0.4) is 0 Å². The Bertz CT molecular complexity index is 555. The van der Waals surface area contributed by atoms with Gasteiger partial charge in [0.1, 0.15) is 0 Å². The zero-order valence-electron chi connectivity index (χ0n) is 11.7. The second-order valence-electron chi connectivity index (χ2n) is 5.25. The minimum absolute atomic E-state index is 0.0600. The van der Waals surface area contributed by atoms with E-state index < -0.39 is 9.84 Å². The largest absolute Gasteiger partial charge is 0.334 e. The van der Waals surface area contributed by atoms with Crippen LogP contribution in [0.5, 0.6) is 0 Å². The number of rotatable bonds is 4. The lowest BCUT2D eigenvalue weighted by atomic mass is 10.2. The number of hydrogen-bond donors (Lipinski definition) is 1. The minimum atomic E-state index is -2.98. The summed E-state index contributed by atoms with van der Waals surface area (Å²) in [7, 11) is -1.34. The molecule has 0 aliphatic carbocycles. The molecule has 2 heterocycles. The van der Waals surface area contributed by atoms with E-state index in [1.54, 1.807) is 17.9 Å². The summed E-state index contributed by atoms with van der Waals surface area (Å²) in [5.74, 6) is 0.225. The van der Waals surface area contributed by atoms with Crippen molar-refractivity contribution in [2.75, 3.05) is 18.6 Å². The van der Waals surface area contributed by atoms with Gasteiger partial charge in [-0.3, -0.25) is 4.68 Å². The summed E-state index contributed by atoms with van der Waals surface area (Å²) in [6.45, 7) is 2.47. The summed E-state index contributed by atoms with van der Waals surface area (Å²) in [4.78, 5) is 13.6. The Labute approximate surface area is 118 Å². The van der Waals surface area contributed by atoms with Gasteiger partial charge < -0.3 is 10.2 Å². The van der Waals surface area contributed by atoms with Crippen LogP contribution >= 0.6 is 0 Å². The van der Waals surface area contributed by atoms with Crippen molar-refractivity contribution in [2.45, 2.75) is 32.0 Å². The third-order valence-electron chi connectivity index (χ3n) is 3.47. The quantitative estimate of drug-likeness (QED) is 0.855. The lowest BCUT2D eigenvalue weighted by Gasteiger charge is -2.25. The number of aromatic nitrogens is 2. The van der Waals surface area contributed by atoms with E-state index in [9.17, 15) is 13.2 Å². The molecule has 0 unspecified atom stereocenters. The first kappa shape index (κ1) is 14.8. The van der Waals surface area contributed by atoms with Gasteiger partial charge in [0.2, 0.25) is 0 Å². The third kappa shape index (κ3) is 3.72. The van der Waals surface area contributed by atoms with Gasteiger partial charge in [-0.1, -0.05) is 0 Å². The van der Waals surface area contributed by atoms with Crippen LogP contribution in [0, 0.1) is 0 Å². The van der Waals surface area contributed by atoms with Crippen LogP contribution < -0.4 is 5.32 Å². The van der Waals surface area contributed by atoms with Crippen LogP contribution in [0.4, 0.5) is 4.79 Å². The van der Waals surface area contributed by atoms with E-state index in [1.807, 2.05) is 19.2 Å². The molecule has 112 valence electrons. The molecule has 1 fully saturated rings. The predicted octanol–water partition coefficient (Wildman–Crippen LogP) is 0.100. The van der Waals surface area contributed by atoms with Crippen molar-refractivity contribution in [1.82, 2.24) is 20.0 Å². The number of sulfone groups is 1. The molecule has 2 atom stereocenters. The first-order valence-electron chi connectivity index (χ1n) is 6.58. The van der Waals surface area contributed by atoms with Crippen LogP contribution in [0.25, 0.3) is 0 Å². The van der Waals surface area contributed by atoms with Gasteiger partial charge in [0.15, 0.2) is 9.84 Å². The van der Waals surface area contributed by atoms with E-state index in [-0.39, 0.29) is 29.6 Å². The van der Waals surface area contributed by atoms with E-state index in [0.29, 0.717) is 13.0 Å². The average molecular weight is 300 g/mol. The van der Waals surface area contributed by atoms with Gasteiger partial charge in [0.25, 0.3) is 0 Å². The number of nitrogens with one attached hydrogen (secondary N) is 1. The fourth-order valence-corrected chi connectivity index (χ4v) is 4.07. The van der Waals surface area contributed by atoms with Crippen LogP contribution in [0.2, 0.25) is 0 Å². The van der Waals surface area contributed by atoms with E-state index in [2.05, 4.69) is 10.4 Å². The Morgan fingerprint density at radius 2 is 2.35 bits per heavy atom. The van der Waals surface area contributed by atoms with Gasteiger partial charge >= 0.3 is 6.03 Å². The summed E-state index contributed by atoms with van der Waals surface area (Å²) >= 11 is 0. The van der Waals surface area contributed by atoms with Gasteiger partial charge in [0.05, 0.1) is 18.1 Å². The fourth-order valence-electron chi connectivity index (χ4n) is 2.29. The zero-order valence-corrected chi connectivity index (χ0v) is 12.5. The Morgan fingerprint density at radius 1 is 1.60 bits per heavy atom. The van der Waals surface area contributed by atoms with Gasteiger partial charge in [-0.15, -0.1) is 0 Å². The summed E-state index contributed by atoms with van der Waals surface area (Å²) < 4.78 is 24.6. The molecule has 1 aliphatic rings. The van der Waals surface area contributed by atoms with E-state index in [4.69, 9.17) is 0 Å². The molecule has 0 bridgehead atoms. The maximum absolute atomic E-state index is 12.1. The van der Waals surface area contributed by atoms with Gasteiger partial charge in [0, 0.05) is 31.5 Å². The molecule has 7 nitrogen and oxygen atoms in total. The van der Waals surface area contributed by atoms with Gasteiger partial charge in [-0.05, 0) is 19.4 Å². The van der Waals surface area contributed by atoms with Crippen molar-refractivity contribution in [2.24, 2.45) is 0 Å². The summed E-state index contributed by atoms with van der Waals surface area (Å²) in [5.41, 5.74) is 0. The topological polar surface area (TPSA) is 84.3 Å². The van der Waals surface area contributed by atoms with E-state index in [1.165, 1.54) is 4.90 Å². The Morgan fingerprint density at radius 3 is 2.90 bits per heavy atom. The van der Waals surface area contributed by atoms with Crippen LogP contribution in [0.15, 0.2) is 18.5 Å². The lowest BCUT2D eigenvalue weighted by Crippen LogP contribution is -2.48. The highest BCUT2D eigenvalue weighted by Gasteiger charge is 2.32. The van der Waals surface area contributed by atoms with Crippen LogP contribution in [-0.4, -0.2) is 59.8 Å². The van der Waals surface area contributed by atoms with Crippen molar-refractivity contribution in [3.8, 4) is 0 Å². The number of hydrogen-bond acceptors (Lipinski definition) is 4. The molecule has 8 heteroatoms. The average Bonchev–Trinajstić information content (AvgIpc) is 2.97. The fraction of sp³-hybridized carbons (Fsp3) is 0.667. The Kier molecular flexibility index (Phi) is 4.32. The maximum atomic E-state index is 12.1. The molecule has 1 saturated heterocycles. The van der Waals surface area contributed by atoms with Crippen molar-refractivity contribution >= 4 is 15.9 Å². The normalized spacial score (nSPS) is 22.4. The molecule has 0 aromatic carbocycles. The number of carbonyl (C=O) groups excluding carboxylic acids is 1. The van der Waals surface area contributed by atoms with Crippen LogP contribution in [-0.2, 0) is 16.4 Å². The molecular formula is C12H20N4O3S. The minimum Gasteiger partial charge on any atom is -0.334 e. The maximum Gasteiger partial charge on any atom is 0.317 e. The molecule has 1 aromatic rings. The molecule has 0 radical (unpaired) electrons. The first-order chi connectivity index (χ1) is 9.37. The monoisotopic (exact) mass is 300 g/mol. The Hall–Kier alpha value is -1.57. The van der Waals surface area contributed by atoms with Gasteiger partial charge in [-0.25, -0.2) is 13.2 Å². The number of nitrogens with zero attached hydrogens (tertiary/aromatic N) is 3. The molecule has 1 aromatic heterocycles. The SMILES string of the molecule is C[C@H](Cn1cccn1)NC(=O)N(C)[C@@H]1CCS(=O)(=O)C1. The number of carbonyl (C=O) groups is 1. The van der Waals surface area contributed by atoms with Crippen molar-refractivity contribution < 1.29 is 13.2 Å². The predicted molar refractivity (Wildman–Crippen MR) is 75.0 cm³/mol. The lowest BCUT2D eigenvalue weighted by molar-refractivity contribution is 0.190. The standard InChI is InChI=1S/C12H20N4O3S/c1-10(8-16-6-3-5-13-16)14-12(17)15(2)11-4-7-20(18,19)9-11/h3,5-6,10-11H,4,7-9H2,1-2H3,(H,14,17)/t10-,11-/m1/s1. The number of urea groups is 1. The first-order valence-corrected chi connectivity index (χ1v) is 8.41. The summed E-state index contributed by atoms with van der Waals surface area (Å²) in [5, 5.41) is 6.93. The van der Waals surface area contributed by atoms with Crippen molar-refractivity contribution in [1.29, 1.82) is 0 Å². The summed E-state index contributed by atoms with van der Waals surface area (Å²) in [6.07, 6.45) is 4.03. The molecule has 1 N–H and O–H groups in total. The van der Waals surface area contributed by atoms with Crippen LogP contribution in [0.1, 0.15) is 13.3 Å². The van der Waals surface area contributed by atoms with E-state index >= 15 is 0 Å². The smallest absolute Gasteiger partial charge is 0.317 e. The third-order valence-corrected chi connectivity index (χ3v) is 5.22. The van der Waals surface area contributed by atoms with Gasteiger partial charge in [-0.2, -0.15) is 5.10 Å². The highest BCUT2D eigenvalue weighted by atomic mass is 32.2. The number of amides is 2. The molecule has 1 aliphatic heterocycles. The van der Waals surface area contributed by atoms with E-state index in [0.717, 1.165) is 0 Å². The Balaban J connectivity index is 1.85. The highest BCUT2D eigenvalue weighted by Crippen LogP contribution is 2.16. The highest BCUT2D eigenvalue weighted by molar-refractivity contribution is 7.91. The summed E-state index contributed by atoms with van der Waals surface area (Å²) in [6, 6.07) is 1.27. The zero-order chi connectivity index (χ0) is 14.8.